The zero-order chi connectivity index (χ0) is 19.9. The first kappa shape index (κ1) is 23.6. The number of unbranched alkanes of at least 4 members (excludes halogenated alkanes) is 3. The number of benzene rings is 1. The van der Waals surface area contributed by atoms with E-state index in [1.54, 1.807) is 0 Å². The molecule has 0 fully saturated rings. The molecule has 1 rings (SSSR count). The van der Waals surface area contributed by atoms with E-state index in [9.17, 15) is 8.42 Å². The first-order valence-electron chi connectivity index (χ1n) is 10.1. The molecule has 1 aromatic carbocycles. The van der Waals surface area contributed by atoms with Gasteiger partial charge < -0.3 is 0 Å². The zero-order valence-electron chi connectivity index (χ0n) is 17.7. The Morgan fingerprint density at radius 3 is 1.96 bits per heavy atom. The summed E-state index contributed by atoms with van der Waals surface area (Å²) in [6, 6.07) is 5.77. The molecule has 0 spiro atoms. The van der Waals surface area contributed by atoms with Crippen LogP contribution < -0.4 is 0 Å². The number of aryl methyl sites for hydroxylation is 2. The molecule has 3 nitrogen and oxygen atoms in total. The van der Waals surface area contributed by atoms with E-state index < -0.39 is 16.9 Å². The van der Waals surface area contributed by atoms with Gasteiger partial charge >= 0.3 is 162 Å². The van der Waals surface area contributed by atoms with Gasteiger partial charge in [-0.3, -0.25) is 0 Å². The van der Waals surface area contributed by atoms with Crippen molar-refractivity contribution in [2.45, 2.75) is 77.5 Å². The Bertz CT molecular complexity index is 668. The van der Waals surface area contributed by atoms with Crippen molar-refractivity contribution in [1.82, 2.24) is 0 Å². The molecular weight excluding hydrogens is 363 g/mol. The van der Waals surface area contributed by atoms with Crippen molar-refractivity contribution < 1.29 is 12.4 Å². The summed E-state index contributed by atoms with van der Waals surface area (Å²) >= 11 is 0. The van der Waals surface area contributed by atoms with E-state index in [-0.39, 0.29) is 0 Å². The van der Waals surface area contributed by atoms with Gasteiger partial charge in [-0.15, -0.1) is 0 Å². The van der Waals surface area contributed by atoms with E-state index in [0.29, 0.717) is 4.90 Å². The second-order valence-corrected chi connectivity index (χ2v) is 16.3. The minimum absolute atomic E-state index is 0.416. The molecular formula is C21H39O3PS. The summed E-state index contributed by atoms with van der Waals surface area (Å²) in [5.74, 6) is 0. The van der Waals surface area contributed by atoms with Gasteiger partial charge in [0, 0.05) is 0 Å². The Hall–Kier alpha value is -0.440. The predicted molar refractivity (Wildman–Crippen MR) is 116 cm³/mol. The molecule has 1 aromatic rings. The molecule has 0 atom stereocenters. The molecule has 26 heavy (non-hydrogen) atoms. The first-order chi connectivity index (χ1) is 12.1. The first-order valence-corrected chi connectivity index (χ1v) is 15.0. The topological polar surface area (TPSA) is 43.4 Å². The Labute approximate surface area is 162 Å². The van der Waals surface area contributed by atoms with Gasteiger partial charge in [0.25, 0.3) is 0 Å². The summed E-state index contributed by atoms with van der Waals surface area (Å²) < 4.78 is 33.0. The van der Waals surface area contributed by atoms with Crippen LogP contribution in [0.2, 0.25) is 0 Å². The van der Waals surface area contributed by atoms with Gasteiger partial charge in [-0.25, -0.2) is 0 Å². The number of hydrogen-bond donors (Lipinski definition) is 0. The third kappa shape index (κ3) is 6.62. The van der Waals surface area contributed by atoms with Crippen LogP contribution in [-0.2, 0) is 20.5 Å². The van der Waals surface area contributed by atoms with Crippen molar-refractivity contribution in [3.05, 3.63) is 29.3 Å². The summed E-state index contributed by atoms with van der Waals surface area (Å²) in [5, 5.41) is 0. The molecule has 0 aliphatic rings. The molecule has 0 aromatic heterocycles. The second kappa shape index (κ2) is 9.66. The molecule has 152 valence electrons. The molecule has 0 N–H and O–H groups in total. The van der Waals surface area contributed by atoms with Crippen LogP contribution in [0.15, 0.2) is 23.1 Å². The van der Waals surface area contributed by atoms with E-state index in [1.165, 1.54) is 0 Å². The fourth-order valence-corrected chi connectivity index (χ4v) is 10.8. The maximum atomic E-state index is 13.4. The van der Waals surface area contributed by atoms with Gasteiger partial charge in [-0.2, -0.15) is 0 Å². The zero-order valence-corrected chi connectivity index (χ0v) is 19.4. The molecule has 0 saturated carbocycles. The van der Waals surface area contributed by atoms with Crippen LogP contribution >= 0.6 is 6.83 Å². The summed E-state index contributed by atoms with van der Waals surface area (Å²) in [7, 11) is -3.77. The van der Waals surface area contributed by atoms with Crippen LogP contribution in [0.25, 0.3) is 0 Å². The average molecular weight is 403 g/mol. The average Bonchev–Trinajstić information content (AvgIpc) is 2.55. The van der Waals surface area contributed by atoms with Crippen LogP contribution in [0.4, 0.5) is 0 Å². The Balaban J connectivity index is 3.31. The molecule has 0 aliphatic carbocycles. The summed E-state index contributed by atoms with van der Waals surface area (Å²) in [6.07, 6.45) is 8.70. The fourth-order valence-electron chi connectivity index (χ4n) is 3.50. The van der Waals surface area contributed by atoms with Crippen LogP contribution in [0, 0.1) is 6.92 Å². The van der Waals surface area contributed by atoms with Crippen molar-refractivity contribution >= 4 is 16.9 Å². The van der Waals surface area contributed by atoms with Gasteiger partial charge in [0.2, 0.25) is 0 Å². The quantitative estimate of drug-likeness (QED) is 0.381. The second-order valence-electron chi connectivity index (χ2n) is 8.41. The van der Waals surface area contributed by atoms with E-state index in [2.05, 4.69) is 34.1 Å². The van der Waals surface area contributed by atoms with Crippen molar-refractivity contribution in [3.63, 3.8) is 0 Å². The maximum absolute atomic E-state index is 13.4. The van der Waals surface area contributed by atoms with Crippen LogP contribution in [0.5, 0.6) is 0 Å². The normalized spacial score (nSPS) is 14.2. The molecule has 0 radical (unpaired) electrons. The third-order valence-corrected chi connectivity index (χ3v) is 12.4. The van der Waals surface area contributed by atoms with Crippen molar-refractivity contribution in [2.75, 3.05) is 25.7 Å². The monoisotopic (exact) mass is 402 g/mol. The Kier molecular flexibility index (Phi) is 8.77. The molecule has 5 heteroatoms. The van der Waals surface area contributed by atoms with Gasteiger partial charge in [0.1, 0.15) is 0 Å². The standard InChI is InChI=1S/C21H39O3PS/c1-7-10-15-20-16-13-14-19(4)21(20)26(22,23)24-25(5,6,17-11-8-2)18-12-9-3/h13-14,16H,7-12,15,17-18H2,1-6H3. The number of hydrogen-bond acceptors (Lipinski definition) is 3. The molecule has 0 saturated heterocycles. The van der Waals surface area contributed by atoms with E-state index in [4.69, 9.17) is 3.97 Å². The van der Waals surface area contributed by atoms with Gasteiger partial charge in [-0.05, 0) is 0 Å². The van der Waals surface area contributed by atoms with Gasteiger partial charge in [-0.1, -0.05) is 0 Å². The van der Waals surface area contributed by atoms with Crippen molar-refractivity contribution in [2.24, 2.45) is 0 Å². The Morgan fingerprint density at radius 2 is 1.46 bits per heavy atom. The molecule has 0 aliphatic heterocycles. The minimum atomic E-state index is -3.77. The van der Waals surface area contributed by atoms with E-state index in [0.717, 1.165) is 68.4 Å². The molecule has 0 bridgehead atoms. The fraction of sp³-hybridized carbons (Fsp3) is 0.714. The van der Waals surface area contributed by atoms with Crippen LogP contribution in [-0.4, -0.2) is 34.1 Å². The van der Waals surface area contributed by atoms with Gasteiger partial charge in [0.15, 0.2) is 0 Å². The Morgan fingerprint density at radius 1 is 0.923 bits per heavy atom. The van der Waals surface area contributed by atoms with Crippen molar-refractivity contribution in [3.8, 4) is 0 Å². The predicted octanol–water partition coefficient (Wildman–Crippen LogP) is 6.37. The molecule has 0 amide bonds. The summed E-state index contributed by atoms with van der Waals surface area (Å²) in [6.45, 7) is 9.76. The van der Waals surface area contributed by atoms with Crippen LogP contribution in [0.3, 0.4) is 0 Å². The van der Waals surface area contributed by atoms with Gasteiger partial charge in [0.05, 0.1) is 0 Å². The third-order valence-electron chi connectivity index (χ3n) is 5.11. The van der Waals surface area contributed by atoms with Crippen molar-refractivity contribution in [1.29, 1.82) is 0 Å². The van der Waals surface area contributed by atoms with E-state index >= 15 is 0 Å². The number of rotatable bonds is 12. The van der Waals surface area contributed by atoms with E-state index in [1.807, 2.05) is 25.1 Å². The summed E-state index contributed by atoms with van der Waals surface area (Å²) in [4.78, 5) is 0.416. The summed E-state index contributed by atoms with van der Waals surface area (Å²) in [5.41, 5.74) is 1.69. The molecule has 0 heterocycles. The van der Waals surface area contributed by atoms with Crippen LogP contribution in [0.1, 0.15) is 70.4 Å². The molecule has 0 unspecified atom stereocenters. The SMILES string of the molecule is CCCCc1cccc(C)c1S(=O)(=O)OP(C)(C)(CCCC)CCCC.